The van der Waals surface area contributed by atoms with E-state index in [1.54, 1.807) is 32.0 Å². The van der Waals surface area contributed by atoms with E-state index in [-0.39, 0.29) is 6.42 Å². The van der Waals surface area contributed by atoms with Crippen molar-refractivity contribution >= 4 is 45.2 Å². The van der Waals surface area contributed by atoms with Crippen molar-refractivity contribution in [2.45, 2.75) is 32.2 Å². The molecule has 0 aliphatic rings. The molecule has 0 aliphatic carbocycles. The van der Waals surface area contributed by atoms with Gasteiger partial charge in [0.05, 0.1) is 5.02 Å². The van der Waals surface area contributed by atoms with Crippen LogP contribution in [-0.4, -0.2) is 22.6 Å². The number of benzene rings is 1. The Morgan fingerprint density at radius 3 is 2.60 bits per heavy atom. The zero-order valence-corrected chi connectivity index (χ0v) is 13.5. The topological polar surface area (TPSA) is 78.4 Å². The summed E-state index contributed by atoms with van der Waals surface area (Å²) >= 11 is 9.19. The van der Waals surface area contributed by atoms with Gasteiger partial charge in [-0.25, -0.2) is 4.79 Å². The maximum atomic E-state index is 11.8. The van der Waals surface area contributed by atoms with E-state index in [0.717, 1.165) is 4.47 Å². The zero-order valence-electron chi connectivity index (χ0n) is 11.2. The van der Waals surface area contributed by atoms with Gasteiger partial charge in [-0.05, 0) is 54.4 Å². The molecule has 5 nitrogen and oxygen atoms in total. The van der Waals surface area contributed by atoms with Gasteiger partial charge in [0.2, 0.25) is 0 Å². The fourth-order valence-electron chi connectivity index (χ4n) is 1.53. The van der Waals surface area contributed by atoms with Crippen molar-refractivity contribution in [3.63, 3.8) is 0 Å². The van der Waals surface area contributed by atoms with E-state index >= 15 is 0 Å². The Morgan fingerprint density at radius 1 is 1.40 bits per heavy atom. The molecule has 20 heavy (non-hydrogen) atoms. The van der Waals surface area contributed by atoms with Gasteiger partial charge < -0.3 is 15.7 Å². The molecule has 0 aliphatic heterocycles. The molecule has 1 aromatic rings. The molecule has 0 bridgehead atoms. The molecule has 0 unspecified atom stereocenters. The monoisotopic (exact) mass is 362 g/mol. The molecule has 2 amide bonds. The van der Waals surface area contributed by atoms with E-state index in [1.807, 2.05) is 0 Å². The van der Waals surface area contributed by atoms with Crippen LogP contribution in [0.3, 0.4) is 0 Å². The van der Waals surface area contributed by atoms with Gasteiger partial charge >= 0.3 is 12.0 Å². The highest BCUT2D eigenvalue weighted by atomic mass is 79.9. The summed E-state index contributed by atoms with van der Waals surface area (Å²) in [4.78, 5) is 22.4. The summed E-state index contributed by atoms with van der Waals surface area (Å²) in [5.41, 5.74) is -0.0496. The van der Waals surface area contributed by atoms with Gasteiger partial charge in [0.25, 0.3) is 0 Å². The Labute approximate surface area is 130 Å². The quantitative estimate of drug-likeness (QED) is 0.743. The number of amides is 2. The minimum atomic E-state index is -0.889. The highest BCUT2D eigenvalue weighted by Gasteiger charge is 2.21. The number of anilines is 1. The molecule has 0 saturated heterocycles. The summed E-state index contributed by atoms with van der Waals surface area (Å²) in [5.74, 6) is -0.889. The van der Waals surface area contributed by atoms with Crippen LogP contribution in [0.2, 0.25) is 5.02 Å². The van der Waals surface area contributed by atoms with E-state index < -0.39 is 17.5 Å². The van der Waals surface area contributed by atoms with Crippen molar-refractivity contribution in [1.29, 1.82) is 0 Å². The molecular formula is C13H16BrClN2O3. The highest BCUT2D eigenvalue weighted by Crippen LogP contribution is 2.25. The lowest BCUT2D eigenvalue weighted by atomic mass is 9.99. The van der Waals surface area contributed by atoms with Crippen LogP contribution >= 0.6 is 27.5 Å². The first-order valence-corrected chi connectivity index (χ1v) is 7.13. The largest absolute Gasteiger partial charge is 0.481 e. The predicted molar refractivity (Wildman–Crippen MR) is 82.3 cm³/mol. The molecule has 0 aromatic heterocycles. The van der Waals surface area contributed by atoms with Gasteiger partial charge in [0.15, 0.2) is 0 Å². The normalized spacial score (nSPS) is 11.0. The third-order valence-corrected chi connectivity index (χ3v) is 3.83. The van der Waals surface area contributed by atoms with Crippen molar-refractivity contribution in [1.82, 2.24) is 5.32 Å². The summed E-state index contributed by atoms with van der Waals surface area (Å²) in [7, 11) is 0. The number of rotatable bonds is 5. The smallest absolute Gasteiger partial charge is 0.319 e. The average Bonchev–Trinajstić information content (AvgIpc) is 2.31. The van der Waals surface area contributed by atoms with Crippen molar-refractivity contribution < 1.29 is 14.7 Å². The van der Waals surface area contributed by atoms with Crippen LogP contribution in [-0.2, 0) is 4.79 Å². The van der Waals surface area contributed by atoms with Crippen LogP contribution in [0.15, 0.2) is 22.7 Å². The summed E-state index contributed by atoms with van der Waals surface area (Å²) in [6.07, 6.45) is 0.342. The van der Waals surface area contributed by atoms with E-state index in [2.05, 4.69) is 26.6 Å². The zero-order chi connectivity index (χ0) is 15.3. The van der Waals surface area contributed by atoms with Gasteiger partial charge in [-0.3, -0.25) is 4.79 Å². The lowest BCUT2D eigenvalue weighted by Gasteiger charge is -2.25. The van der Waals surface area contributed by atoms with E-state index in [1.165, 1.54) is 0 Å². The summed E-state index contributed by atoms with van der Waals surface area (Å²) in [6.45, 7) is 3.54. The average molecular weight is 364 g/mol. The first kappa shape index (κ1) is 16.8. The van der Waals surface area contributed by atoms with Crippen LogP contribution < -0.4 is 10.6 Å². The van der Waals surface area contributed by atoms with Crippen molar-refractivity contribution in [2.75, 3.05) is 5.32 Å². The summed E-state index contributed by atoms with van der Waals surface area (Å²) < 4.78 is 0.743. The number of hydrogen-bond acceptors (Lipinski definition) is 2. The highest BCUT2D eigenvalue weighted by molar-refractivity contribution is 9.10. The fraction of sp³-hybridized carbons (Fsp3) is 0.385. The molecular weight excluding hydrogens is 348 g/mol. The van der Waals surface area contributed by atoms with Crippen molar-refractivity contribution in [3.8, 4) is 0 Å². The van der Waals surface area contributed by atoms with Crippen LogP contribution in [0.1, 0.15) is 26.7 Å². The first-order valence-electron chi connectivity index (χ1n) is 5.95. The molecule has 7 heteroatoms. The first-order chi connectivity index (χ1) is 9.19. The molecule has 1 rings (SSSR count). The lowest BCUT2D eigenvalue weighted by Crippen LogP contribution is -2.45. The molecule has 1 aromatic carbocycles. The summed E-state index contributed by atoms with van der Waals surface area (Å²) in [5, 5.41) is 14.5. The molecule has 0 fully saturated rings. The standard InChI is InChI=1S/C13H16BrClN2O3/c1-13(2,6-5-11(18)19)17-12(20)16-8-3-4-9(14)10(15)7-8/h3-4,7H,5-6H2,1-2H3,(H,18,19)(H2,16,17,20). The minimum Gasteiger partial charge on any atom is -0.481 e. The molecule has 0 radical (unpaired) electrons. The Kier molecular flexibility index (Phi) is 5.83. The van der Waals surface area contributed by atoms with E-state index in [0.29, 0.717) is 17.1 Å². The molecule has 0 atom stereocenters. The Balaban J connectivity index is 2.58. The van der Waals surface area contributed by atoms with Gasteiger partial charge in [0.1, 0.15) is 0 Å². The molecule has 0 saturated carbocycles. The van der Waals surface area contributed by atoms with E-state index in [9.17, 15) is 9.59 Å². The Morgan fingerprint density at radius 2 is 2.05 bits per heavy atom. The molecule has 3 N–H and O–H groups in total. The molecule has 110 valence electrons. The third-order valence-electron chi connectivity index (χ3n) is 2.59. The van der Waals surface area contributed by atoms with E-state index in [4.69, 9.17) is 16.7 Å². The lowest BCUT2D eigenvalue weighted by molar-refractivity contribution is -0.137. The number of halogens is 2. The summed E-state index contributed by atoms with van der Waals surface area (Å²) in [6, 6.07) is 4.65. The van der Waals surface area contributed by atoms with Crippen LogP contribution in [0.25, 0.3) is 0 Å². The third kappa shape index (κ3) is 5.79. The van der Waals surface area contributed by atoms with Crippen molar-refractivity contribution in [3.05, 3.63) is 27.7 Å². The fourth-order valence-corrected chi connectivity index (χ4v) is 1.95. The van der Waals surface area contributed by atoms with Gasteiger partial charge in [-0.2, -0.15) is 0 Å². The number of carbonyl (C=O) groups excluding carboxylic acids is 1. The van der Waals surface area contributed by atoms with Gasteiger partial charge in [-0.15, -0.1) is 0 Å². The van der Waals surface area contributed by atoms with Crippen molar-refractivity contribution in [2.24, 2.45) is 0 Å². The molecule has 0 heterocycles. The number of urea groups is 1. The van der Waals surface area contributed by atoms with Crippen LogP contribution in [0.4, 0.5) is 10.5 Å². The number of aliphatic carboxylic acids is 1. The number of carboxylic acid groups (broad SMARTS) is 1. The molecule has 0 spiro atoms. The number of carbonyl (C=O) groups is 2. The number of hydrogen-bond donors (Lipinski definition) is 3. The minimum absolute atomic E-state index is 0.00259. The SMILES string of the molecule is CC(C)(CCC(=O)O)NC(=O)Nc1ccc(Br)c(Cl)c1. The van der Waals surface area contributed by atoms with Gasteiger partial charge in [0, 0.05) is 22.1 Å². The second kappa shape index (κ2) is 6.95. The van der Waals surface area contributed by atoms with Crippen LogP contribution in [0, 0.1) is 0 Å². The maximum absolute atomic E-state index is 11.8. The Hall–Kier alpha value is -1.27. The second-order valence-electron chi connectivity index (χ2n) is 4.99. The number of carboxylic acids is 1. The maximum Gasteiger partial charge on any atom is 0.319 e. The van der Waals surface area contributed by atoms with Crippen LogP contribution in [0.5, 0.6) is 0 Å². The number of nitrogens with one attached hydrogen (secondary N) is 2. The predicted octanol–water partition coefficient (Wildman–Crippen LogP) is 3.87. The second-order valence-corrected chi connectivity index (χ2v) is 6.25. The van der Waals surface area contributed by atoms with Gasteiger partial charge in [-0.1, -0.05) is 11.6 Å². The Bertz CT molecular complexity index is 520.